The molecule has 0 atom stereocenters. The van der Waals surface area contributed by atoms with Crippen molar-refractivity contribution in [3.63, 3.8) is 0 Å². The zero-order chi connectivity index (χ0) is 3.58. The maximum absolute atomic E-state index is 8.70. The minimum absolute atomic E-state index is 0. The van der Waals surface area contributed by atoms with Crippen molar-refractivity contribution in [2.24, 2.45) is 0 Å². The van der Waals surface area contributed by atoms with E-state index in [0.29, 0.717) is 0 Å². The predicted octanol–water partition coefficient (Wildman–Crippen LogP) is -2.01. The molecule has 0 heterocycles. The van der Waals surface area contributed by atoms with Gasteiger partial charge in [-0.3, -0.25) is 0 Å². The van der Waals surface area contributed by atoms with E-state index in [9.17, 15) is 0 Å². The van der Waals surface area contributed by atoms with E-state index in [4.69, 9.17) is 10.2 Å². The third-order valence-corrected chi connectivity index (χ3v) is 0. The van der Waals surface area contributed by atoms with Crippen molar-refractivity contribution >= 4 is 17.5 Å². The van der Waals surface area contributed by atoms with Crippen molar-refractivity contribution in [1.29, 1.82) is 0 Å². The Bertz CT molecular complexity index is 32.6. The van der Waals surface area contributed by atoms with Gasteiger partial charge in [-0.25, -0.2) is 0 Å². The molecule has 0 aliphatic rings. The van der Waals surface area contributed by atoms with Gasteiger partial charge in [0.1, 0.15) is 0 Å². The van der Waals surface area contributed by atoms with Crippen LogP contribution in [0.15, 0.2) is 0 Å². The van der Waals surface area contributed by atoms with Crippen LogP contribution in [0.3, 0.4) is 0 Å². The molecular weight excluding hydrogens is 141 g/mol. The minimum atomic E-state index is -1.50. The first kappa shape index (κ1) is 9.00. The molecule has 0 aliphatic carbocycles. The van der Waals surface area contributed by atoms with Crippen LogP contribution in [0, 0.1) is 0 Å². The Morgan fingerprint density at radius 3 is 1.40 bits per heavy atom. The molecule has 0 fully saturated rings. The Balaban J connectivity index is 0. The number of thiocarbonyl (C=S) groups is 1. The first-order valence-electron chi connectivity index (χ1n) is 0.612. The summed E-state index contributed by atoms with van der Waals surface area (Å²) in [6.45, 7) is 0. The van der Waals surface area contributed by atoms with Crippen LogP contribution in [0.4, 0.5) is 0 Å². The summed E-state index contributed by atoms with van der Waals surface area (Å²) in [5.41, 5.74) is 0. The molecule has 24 valence electrons. The molecule has 0 saturated heterocycles. The van der Waals surface area contributed by atoms with Gasteiger partial charge in [-0.05, 0) is 0 Å². The standard InChI is InChI=1S/CH2O2S.Zn/c2-1(3)4;/h(H2,2,3,4);/q;+2/p-2. The van der Waals surface area contributed by atoms with Crippen LogP contribution in [0.25, 0.3) is 0 Å². The van der Waals surface area contributed by atoms with E-state index in [1.54, 1.807) is 0 Å². The Kier molecular flexibility index (Phi) is 7.77. The second-order valence-corrected chi connectivity index (χ2v) is 0.583. The van der Waals surface area contributed by atoms with Crippen LogP contribution in [-0.4, -0.2) is 5.24 Å². The van der Waals surface area contributed by atoms with Gasteiger partial charge < -0.3 is 10.2 Å². The summed E-state index contributed by atoms with van der Waals surface area (Å²) >= 11 is 3.43. The van der Waals surface area contributed by atoms with Crippen molar-refractivity contribution in [1.82, 2.24) is 0 Å². The molecule has 0 saturated carbocycles. The second-order valence-electron chi connectivity index (χ2n) is 0.250. The average Bonchev–Trinajstić information content (AvgIpc) is 0.811. The van der Waals surface area contributed by atoms with Gasteiger partial charge in [0.2, 0.25) is 0 Å². The molecule has 0 unspecified atom stereocenters. The van der Waals surface area contributed by atoms with Gasteiger partial charge in [0.25, 0.3) is 0 Å². The summed E-state index contributed by atoms with van der Waals surface area (Å²) < 4.78 is 0. The zero-order valence-corrected chi connectivity index (χ0v) is 6.22. The SMILES string of the molecule is [O-]C([O-])=S.[Zn+2]. The van der Waals surface area contributed by atoms with E-state index in [1.165, 1.54) is 0 Å². The molecule has 0 spiro atoms. The number of rotatable bonds is 0. The van der Waals surface area contributed by atoms with Crippen LogP contribution in [0.5, 0.6) is 0 Å². The monoisotopic (exact) mass is 140 g/mol. The number of hydrogen-bond donors (Lipinski definition) is 0. The van der Waals surface area contributed by atoms with Crippen molar-refractivity contribution in [3.8, 4) is 0 Å². The largest absolute Gasteiger partial charge is 2.00 e. The summed E-state index contributed by atoms with van der Waals surface area (Å²) in [7, 11) is 0. The molecule has 2 nitrogen and oxygen atoms in total. The predicted molar refractivity (Wildman–Crippen MR) is 12.6 cm³/mol. The maximum Gasteiger partial charge on any atom is 2.00 e. The van der Waals surface area contributed by atoms with Crippen LogP contribution in [0.1, 0.15) is 0 Å². The summed E-state index contributed by atoms with van der Waals surface area (Å²) in [6.07, 6.45) is 0. The molecule has 5 heavy (non-hydrogen) atoms. The van der Waals surface area contributed by atoms with Gasteiger partial charge in [-0.1, -0.05) is 0 Å². The third-order valence-electron chi connectivity index (χ3n) is 0. The average molecular weight is 141 g/mol. The van der Waals surface area contributed by atoms with Gasteiger partial charge in [0.05, 0.1) is 0 Å². The van der Waals surface area contributed by atoms with Crippen molar-refractivity contribution in [2.45, 2.75) is 0 Å². The van der Waals surface area contributed by atoms with Crippen LogP contribution >= 0.6 is 12.2 Å². The molecule has 0 aliphatic heterocycles. The van der Waals surface area contributed by atoms with Gasteiger partial charge in [-0.2, -0.15) is 0 Å². The topological polar surface area (TPSA) is 46.1 Å². The van der Waals surface area contributed by atoms with Crippen LogP contribution in [0.2, 0.25) is 0 Å². The zero-order valence-electron chi connectivity index (χ0n) is 2.43. The van der Waals surface area contributed by atoms with Gasteiger partial charge in [-0.15, -0.1) is 17.5 Å². The van der Waals surface area contributed by atoms with Crippen molar-refractivity contribution < 1.29 is 29.7 Å². The van der Waals surface area contributed by atoms with Gasteiger partial charge >= 0.3 is 19.5 Å². The molecular formula is CO2SZn. The first-order chi connectivity index (χ1) is 1.73. The van der Waals surface area contributed by atoms with Gasteiger partial charge in [0.15, 0.2) is 0 Å². The van der Waals surface area contributed by atoms with E-state index in [0.717, 1.165) is 0 Å². The molecule has 0 amide bonds. The van der Waals surface area contributed by atoms with E-state index in [-0.39, 0.29) is 19.5 Å². The fourth-order valence-electron chi connectivity index (χ4n) is 0. The van der Waals surface area contributed by atoms with E-state index in [1.807, 2.05) is 0 Å². The minimum Gasteiger partial charge on any atom is -0.876 e. The molecule has 4 heteroatoms. The van der Waals surface area contributed by atoms with E-state index >= 15 is 0 Å². The van der Waals surface area contributed by atoms with E-state index < -0.39 is 5.24 Å². The van der Waals surface area contributed by atoms with Gasteiger partial charge in [0, 0.05) is 0 Å². The first-order valence-corrected chi connectivity index (χ1v) is 1.02. The summed E-state index contributed by atoms with van der Waals surface area (Å²) in [4.78, 5) is 0. The molecule has 0 aromatic heterocycles. The Morgan fingerprint density at radius 2 is 1.40 bits per heavy atom. The van der Waals surface area contributed by atoms with Crippen LogP contribution < -0.4 is 10.2 Å². The summed E-state index contributed by atoms with van der Waals surface area (Å²) in [5.74, 6) is 0. The Morgan fingerprint density at radius 1 is 1.40 bits per heavy atom. The van der Waals surface area contributed by atoms with Crippen LogP contribution in [-0.2, 0) is 19.5 Å². The van der Waals surface area contributed by atoms with Crippen molar-refractivity contribution in [3.05, 3.63) is 0 Å². The molecule has 0 radical (unpaired) electrons. The van der Waals surface area contributed by atoms with E-state index in [2.05, 4.69) is 12.2 Å². The molecule has 0 bridgehead atoms. The fraction of sp³-hybridized carbons (Fsp3) is 0. The van der Waals surface area contributed by atoms with Crippen molar-refractivity contribution in [2.75, 3.05) is 0 Å². The molecule has 0 aromatic carbocycles. The molecule has 0 rings (SSSR count). The smallest absolute Gasteiger partial charge is 0.876 e. The Labute approximate surface area is 47.6 Å². The third kappa shape index (κ3) is 235. The number of hydrogen-bond acceptors (Lipinski definition) is 3. The molecule has 0 N–H and O–H groups in total. The maximum atomic E-state index is 8.70. The Hall–Kier alpha value is 0.313. The summed E-state index contributed by atoms with van der Waals surface area (Å²) in [6, 6.07) is 0. The fourth-order valence-corrected chi connectivity index (χ4v) is 0. The normalized spacial score (nSPS) is 4.80. The second kappa shape index (κ2) is 4.31. The molecule has 0 aromatic rings. The summed E-state index contributed by atoms with van der Waals surface area (Å²) in [5, 5.41) is 15.9. The quantitative estimate of drug-likeness (QED) is 0.289.